The Hall–Kier alpha value is -2.26. The van der Waals surface area contributed by atoms with Crippen molar-refractivity contribution >= 4 is 41.5 Å². The summed E-state index contributed by atoms with van der Waals surface area (Å²) in [5.41, 5.74) is 3.47. The van der Waals surface area contributed by atoms with E-state index in [2.05, 4.69) is 45.0 Å². The predicted octanol–water partition coefficient (Wildman–Crippen LogP) is 4.12. The van der Waals surface area contributed by atoms with Crippen molar-refractivity contribution in [1.29, 1.82) is 0 Å². The van der Waals surface area contributed by atoms with E-state index in [1.54, 1.807) is 20.4 Å². The molecular weight excluding hydrogens is 513 g/mol. The van der Waals surface area contributed by atoms with Gasteiger partial charge in [-0.25, -0.2) is 0 Å². The van der Waals surface area contributed by atoms with Gasteiger partial charge in [0.15, 0.2) is 5.96 Å². The molecule has 2 N–H and O–H groups in total. The second kappa shape index (κ2) is 12.4. The molecule has 30 heavy (non-hydrogen) atoms. The summed E-state index contributed by atoms with van der Waals surface area (Å²) >= 11 is 6.30. The summed E-state index contributed by atoms with van der Waals surface area (Å²) < 4.78 is 7.10. The van der Waals surface area contributed by atoms with Crippen molar-refractivity contribution in [3.8, 4) is 5.75 Å². The Morgan fingerprint density at radius 2 is 1.97 bits per heavy atom. The summed E-state index contributed by atoms with van der Waals surface area (Å²) in [6, 6.07) is 16.1. The van der Waals surface area contributed by atoms with Crippen LogP contribution >= 0.6 is 35.6 Å². The minimum absolute atomic E-state index is 0. The number of hydrogen-bond donors (Lipinski definition) is 2. The Labute approximate surface area is 199 Å². The molecule has 160 valence electrons. The second-order valence-corrected chi connectivity index (χ2v) is 6.99. The minimum atomic E-state index is 0. The monoisotopic (exact) mass is 539 g/mol. The van der Waals surface area contributed by atoms with Gasteiger partial charge in [-0.1, -0.05) is 41.9 Å². The topological polar surface area (TPSA) is 63.5 Å². The molecule has 2 aromatic carbocycles. The number of halogens is 2. The predicted molar refractivity (Wildman–Crippen MR) is 133 cm³/mol. The lowest BCUT2D eigenvalue weighted by Gasteiger charge is -2.13. The normalized spacial score (nSPS) is 11.0. The van der Waals surface area contributed by atoms with Crippen LogP contribution in [0.25, 0.3) is 0 Å². The van der Waals surface area contributed by atoms with Crippen LogP contribution in [-0.4, -0.2) is 36.4 Å². The standard InChI is InChI=1S/C22H26ClN5O.HI/c1-24-22(25-11-9-19-7-8-20(29-2)14-21(19)23)26-15-17-5-3-6-18(13-17)16-28-12-4-10-27-28;/h3-8,10,12-14H,9,11,15-16H2,1-2H3,(H2,24,25,26);1H. The van der Waals surface area contributed by atoms with E-state index in [4.69, 9.17) is 16.3 Å². The first-order valence-corrected chi connectivity index (χ1v) is 9.88. The van der Waals surface area contributed by atoms with Crippen molar-refractivity contribution in [1.82, 2.24) is 20.4 Å². The molecule has 8 heteroatoms. The van der Waals surface area contributed by atoms with E-state index in [9.17, 15) is 0 Å². The zero-order valence-corrected chi connectivity index (χ0v) is 20.2. The molecular formula is C22H27ClIN5O. The van der Waals surface area contributed by atoms with Crippen LogP contribution in [0.15, 0.2) is 65.9 Å². The first-order chi connectivity index (χ1) is 14.2. The van der Waals surface area contributed by atoms with Crippen LogP contribution in [0, 0.1) is 0 Å². The average Bonchev–Trinajstić information content (AvgIpc) is 3.24. The molecule has 6 nitrogen and oxygen atoms in total. The number of nitrogens with one attached hydrogen (secondary N) is 2. The molecule has 3 rings (SSSR count). The molecule has 0 unspecified atom stereocenters. The summed E-state index contributed by atoms with van der Waals surface area (Å²) in [6.45, 7) is 2.18. The van der Waals surface area contributed by atoms with Gasteiger partial charge >= 0.3 is 0 Å². The number of nitrogens with zero attached hydrogens (tertiary/aromatic N) is 3. The van der Waals surface area contributed by atoms with Gasteiger partial charge in [-0.2, -0.15) is 5.10 Å². The van der Waals surface area contributed by atoms with Gasteiger partial charge in [0.2, 0.25) is 0 Å². The number of aliphatic imine (C=N–C) groups is 1. The fourth-order valence-corrected chi connectivity index (χ4v) is 3.26. The summed E-state index contributed by atoms with van der Waals surface area (Å²) in [5.74, 6) is 1.52. The van der Waals surface area contributed by atoms with Gasteiger partial charge in [-0.15, -0.1) is 24.0 Å². The molecule has 0 atom stereocenters. The molecule has 0 fully saturated rings. The fraction of sp³-hybridized carbons (Fsp3) is 0.273. The molecule has 1 heterocycles. The Balaban J connectivity index is 0.00000320. The molecule has 3 aromatic rings. The van der Waals surface area contributed by atoms with Gasteiger partial charge in [-0.05, 0) is 41.3 Å². The maximum atomic E-state index is 6.30. The number of hydrogen-bond acceptors (Lipinski definition) is 3. The lowest BCUT2D eigenvalue weighted by molar-refractivity contribution is 0.414. The third kappa shape index (κ3) is 7.21. The molecule has 0 amide bonds. The van der Waals surface area contributed by atoms with E-state index in [1.807, 2.05) is 35.1 Å². The fourth-order valence-electron chi connectivity index (χ4n) is 3.00. The van der Waals surface area contributed by atoms with Crippen LogP contribution in [0.5, 0.6) is 5.75 Å². The van der Waals surface area contributed by atoms with Crippen LogP contribution in [0.4, 0.5) is 0 Å². The highest BCUT2D eigenvalue weighted by Crippen LogP contribution is 2.22. The van der Waals surface area contributed by atoms with Gasteiger partial charge < -0.3 is 15.4 Å². The summed E-state index contributed by atoms with van der Waals surface area (Å²) in [5, 5.41) is 11.7. The number of benzene rings is 2. The highest BCUT2D eigenvalue weighted by atomic mass is 127. The first kappa shape index (κ1) is 24.0. The lowest BCUT2D eigenvalue weighted by Crippen LogP contribution is -2.37. The maximum Gasteiger partial charge on any atom is 0.191 e. The summed E-state index contributed by atoms with van der Waals surface area (Å²) in [4.78, 5) is 4.29. The molecule has 0 aliphatic heterocycles. The van der Waals surface area contributed by atoms with Crippen LogP contribution in [-0.2, 0) is 19.5 Å². The Bertz CT molecular complexity index is 946. The zero-order valence-electron chi connectivity index (χ0n) is 17.1. The lowest BCUT2D eigenvalue weighted by atomic mass is 10.1. The molecule has 0 saturated heterocycles. The molecule has 0 aliphatic carbocycles. The van der Waals surface area contributed by atoms with Gasteiger partial charge in [0.05, 0.1) is 13.7 Å². The average molecular weight is 540 g/mol. The van der Waals surface area contributed by atoms with Crippen LogP contribution in [0.2, 0.25) is 5.02 Å². The number of ether oxygens (including phenoxy) is 1. The third-order valence-electron chi connectivity index (χ3n) is 4.53. The van der Waals surface area contributed by atoms with Gasteiger partial charge in [0.25, 0.3) is 0 Å². The van der Waals surface area contributed by atoms with Gasteiger partial charge in [0, 0.05) is 37.6 Å². The Kier molecular flexibility index (Phi) is 9.96. The van der Waals surface area contributed by atoms with E-state index in [1.165, 1.54) is 11.1 Å². The SMILES string of the molecule is CN=C(NCCc1ccc(OC)cc1Cl)NCc1cccc(Cn2cccn2)c1.I. The van der Waals surface area contributed by atoms with E-state index in [0.29, 0.717) is 11.6 Å². The molecule has 1 aromatic heterocycles. The molecule has 0 radical (unpaired) electrons. The van der Waals surface area contributed by atoms with Crippen LogP contribution < -0.4 is 15.4 Å². The Morgan fingerprint density at radius 1 is 1.13 bits per heavy atom. The Morgan fingerprint density at radius 3 is 2.67 bits per heavy atom. The van der Waals surface area contributed by atoms with Gasteiger partial charge in [-0.3, -0.25) is 9.67 Å². The first-order valence-electron chi connectivity index (χ1n) is 9.50. The van der Waals surface area contributed by atoms with Gasteiger partial charge in [0.1, 0.15) is 5.75 Å². The number of methoxy groups -OCH3 is 1. The van der Waals surface area contributed by atoms with Crippen LogP contribution in [0.3, 0.4) is 0 Å². The van der Waals surface area contributed by atoms with Crippen molar-refractivity contribution in [2.24, 2.45) is 4.99 Å². The summed E-state index contributed by atoms with van der Waals surface area (Å²) in [6.07, 6.45) is 4.55. The van der Waals surface area contributed by atoms with Crippen molar-refractivity contribution in [2.75, 3.05) is 20.7 Å². The zero-order chi connectivity index (χ0) is 20.5. The number of rotatable bonds is 8. The van der Waals surface area contributed by atoms with Crippen molar-refractivity contribution in [2.45, 2.75) is 19.5 Å². The highest BCUT2D eigenvalue weighted by Gasteiger charge is 2.04. The number of aromatic nitrogens is 2. The molecule has 0 aliphatic rings. The summed E-state index contributed by atoms with van der Waals surface area (Å²) in [7, 11) is 3.40. The largest absolute Gasteiger partial charge is 0.497 e. The van der Waals surface area contributed by atoms with Crippen molar-refractivity contribution in [3.05, 3.63) is 82.6 Å². The smallest absolute Gasteiger partial charge is 0.191 e. The van der Waals surface area contributed by atoms with E-state index >= 15 is 0 Å². The van der Waals surface area contributed by atoms with E-state index in [-0.39, 0.29) is 24.0 Å². The molecule has 0 saturated carbocycles. The van der Waals surface area contributed by atoms with Crippen LogP contribution in [0.1, 0.15) is 16.7 Å². The molecule has 0 bridgehead atoms. The highest BCUT2D eigenvalue weighted by molar-refractivity contribution is 14.0. The van der Waals surface area contributed by atoms with Crippen molar-refractivity contribution in [3.63, 3.8) is 0 Å². The number of guanidine groups is 1. The third-order valence-corrected chi connectivity index (χ3v) is 4.88. The second-order valence-electron chi connectivity index (χ2n) is 6.58. The van der Waals surface area contributed by atoms with E-state index in [0.717, 1.165) is 36.8 Å². The molecule has 0 spiro atoms. The maximum absolute atomic E-state index is 6.30. The minimum Gasteiger partial charge on any atom is -0.497 e. The quantitative estimate of drug-likeness (QED) is 0.257. The van der Waals surface area contributed by atoms with Crippen molar-refractivity contribution < 1.29 is 4.74 Å². The van der Waals surface area contributed by atoms with E-state index < -0.39 is 0 Å².